The van der Waals surface area contributed by atoms with E-state index in [1.54, 1.807) is 6.07 Å². The summed E-state index contributed by atoms with van der Waals surface area (Å²) in [4.78, 5) is 11.0. The Bertz CT molecular complexity index is 329. The van der Waals surface area contributed by atoms with Gasteiger partial charge in [0, 0.05) is 5.56 Å². The molecule has 0 radical (unpaired) electrons. The van der Waals surface area contributed by atoms with Crippen LogP contribution in [0.15, 0.2) is 18.2 Å². The van der Waals surface area contributed by atoms with Gasteiger partial charge in [-0.1, -0.05) is 13.8 Å². The van der Waals surface area contributed by atoms with E-state index in [1.165, 1.54) is 19.1 Å². The summed E-state index contributed by atoms with van der Waals surface area (Å²) in [5, 5.41) is 0. The highest BCUT2D eigenvalue weighted by atomic mass is 19.1. The predicted octanol–water partition coefficient (Wildman–Crippen LogP) is 3.15. The molecule has 70 valence electrons. The number of carbonyl (C=O) groups is 1. The van der Waals surface area contributed by atoms with Crippen LogP contribution in [-0.2, 0) is 0 Å². The molecule has 2 heteroatoms. The van der Waals surface area contributed by atoms with E-state index in [1.807, 2.05) is 13.8 Å². The minimum absolute atomic E-state index is 0.0260. The summed E-state index contributed by atoms with van der Waals surface area (Å²) in [6, 6.07) is 4.50. The fourth-order valence-electron chi connectivity index (χ4n) is 1.21. The van der Waals surface area contributed by atoms with Crippen LogP contribution in [0.1, 0.15) is 42.6 Å². The van der Waals surface area contributed by atoms with Gasteiger partial charge in [0.2, 0.25) is 0 Å². The van der Waals surface area contributed by atoms with Crippen molar-refractivity contribution in [2.24, 2.45) is 0 Å². The Labute approximate surface area is 77.6 Å². The summed E-state index contributed by atoms with van der Waals surface area (Å²) in [6.45, 7) is 5.29. The predicted molar refractivity (Wildman–Crippen MR) is 50.5 cm³/mol. The van der Waals surface area contributed by atoms with E-state index in [4.69, 9.17) is 0 Å². The van der Waals surface area contributed by atoms with E-state index in [0.29, 0.717) is 11.1 Å². The summed E-state index contributed by atoms with van der Waals surface area (Å²) in [6.07, 6.45) is 0. The first-order valence-electron chi connectivity index (χ1n) is 4.32. The van der Waals surface area contributed by atoms with E-state index in [0.717, 1.165) is 0 Å². The van der Waals surface area contributed by atoms with Crippen molar-refractivity contribution in [1.82, 2.24) is 0 Å². The first-order chi connectivity index (χ1) is 6.02. The van der Waals surface area contributed by atoms with E-state index in [2.05, 4.69) is 0 Å². The van der Waals surface area contributed by atoms with Gasteiger partial charge in [0.05, 0.1) is 0 Å². The van der Waals surface area contributed by atoms with E-state index >= 15 is 0 Å². The Morgan fingerprint density at radius 2 is 2.00 bits per heavy atom. The second-order valence-electron chi connectivity index (χ2n) is 3.45. The van der Waals surface area contributed by atoms with Gasteiger partial charge in [-0.3, -0.25) is 4.79 Å². The van der Waals surface area contributed by atoms with Gasteiger partial charge in [-0.05, 0) is 36.6 Å². The maximum Gasteiger partial charge on any atom is 0.159 e. The SMILES string of the molecule is CC(=O)c1ccc(F)c(C(C)C)c1. The largest absolute Gasteiger partial charge is 0.295 e. The number of halogens is 1. The minimum Gasteiger partial charge on any atom is -0.295 e. The second-order valence-corrected chi connectivity index (χ2v) is 3.45. The first-order valence-corrected chi connectivity index (χ1v) is 4.32. The zero-order valence-electron chi connectivity index (χ0n) is 8.10. The summed E-state index contributed by atoms with van der Waals surface area (Å²) >= 11 is 0. The van der Waals surface area contributed by atoms with Crippen molar-refractivity contribution in [3.63, 3.8) is 0 Å². The third kappa shape index (κ3) is 2.14. The van der Waals surface area contributed by atoms with Crippen LogP contribution in [0.4, 0.5) is 4.39 Å². The lowest BCUT2D eigenvalue weighted by Gasteiger charge is -2.07. The fourth-order valence-corrected chi connectivity index (χ4v) is 1.21. The van der Waals surface area contributed by atoms with Crippen LogP contribution >= 0.6 is 0 Å². The van der Waals surface area contributed by atoms with Crippen LogP contribution < -0.4 is 0 Å². The molecule has 0 spiro atoms. The van der Waals surface area contributed by atoms with E-state index < -0.39 is 0 Å². The average molecular weight is 180 g/mol. The van der Waals surface area contributed by atoms with Gasteiger partial charge in [0.1, 0.15) is 5.82 Å². The lowest BCUT2D eigenvalue weighted by molar-refractivity contribution is 0.101. The summed E-state index contributed by atoms with van der Waals surface area (Å²) in [5.74, 6) is -0.152. The topological polar surface area (TPSA) is 17.1 Å². The zero-order valence-corrected chi connectivity index (χ0v) is 8.10. The maximum atomic E-state index is 13.2. The smallest absolute Gasteiger partial charge is 0.159 e. The monoisotopic (exact) mass is 180 g/mol. The quantitative estimate of drug-likeness (QED) is 0.639. The normalized spacial score (nSPS) is 10.5. The van der Waals surface area contributed by atoms with Crippen LogP contribution in [0.25, 0.3) is 0 Å². The number of Topliss-reactive ketones (excluding diaryl/α,β-unsaturated/α-hetero) is 1. The highest BCUT2D eigenvalue weighted by Gasteiger charge is 2.08. The standard InChI is InChI=1S/C11H13FO/c1-7(2)10-6-9(8(3)13)4-5-11(10)12/h4-7H,1-3H3. The molecule has 0 bridgehead atoms. The molecule has 0 aliphatic rings. The number of benzene rings is 1. The first kappa shape index (κ1) is 9.90. The third-order valence-corrected chi connectivity index (χ3v) is 2.02. The van der Waals surface area contributed by atoms with E-state index in [9.17, 15) is 9.18 Å². The molecule has 0 saturated heterocycles. The van der Waals surface area contributed by atoms with Gasteiger partial charge in [0.25, 0.3) is 0 Å². The van der Waals surface area contributed by atoms with Crippen molar-refractivity contribution >= 4 is 5.78 Å². The molecule has 13 heavy (non-hydrogen) atoms. The third-order valence-electron chi connectivity index (χ3n) is 2.02. The summed E-state index contributed by atoms with van der Waals surface area (Å²) in [7, 11) is 0. The molecule has 0 aromatic heterocycles. The Balaban J connectivity index is 3.19. The Kier molecular flexibility index (Phi) is 2.81. The second kappa shape index (κ2) is 3.69. The number of rotatable bonds is 2. The highest BCUT2D eigenvalue weighted by Crippen LogP contribution is 2.19. The van der Waals surface area contributed by atoms with Gasteiger partial charge in [-0.15, -0.1) is 0 Å². The molecule has 1 aromatic rings. The van der Waals surface area contributed by atoms with Crippen molar-refractivity contribution in [3.8, 4) is 0 Å². The van der Waals surface area contributed by atoms with Gasteiger partial charge in [-0.2, -0.15) is 0 Å². The zero-order chi connectivity index (χ0) is 10.0. The van der Waals surface area contributed by atoms with Crippen LogP contribution in [0.5, 0.6) is 0 Å². The number of hydrogen-bond acceptors (Lipinski definition) is 1. The van der Waals surface area contributed by atoms with Crippen molar-refractivity contribution in [3.05, 3.63) is 35.1 Å². The molecular weight excluding hydrogens is 167 g/mol. The Morgan fingerprint density at radius 3 is 2.46 bits per heavy atom. The van der Waals surface area contributed by atoms with Gasteiger partial charge in [0.15, 0.2) is 5.78 Å². The van der Waals surface area contributed by atoms with Crippen LogP contribution in [0, 0.1) is 5.82 Å². The average Bonchev–Trinajstić information content (AvgIpc) is 2.04. The molecule has 0 heterocycles. The Morgan fingerprint density at radius 1 is 1.38 bits per heavy atom. The molecule has 0 atom stereocenters. The van der Waals surface area contributed by atoms with Gasteiger partial charge < -0.3 is 0 Å². The lowest BCUT2D eigenvalue weighted by atomic mass is 9.99. The summed E-state index contributed by atoms with van der Waals surface area (Å²) < 4.78 is 13.2. The lowest BCUT2D eigenvalue weighted by Crippen LogP contribution is -1.98. The minimum atomic E-state index is -0.236. The Hall–Kier alpha value is -1.18. The molecule has 0 aliphatic heterocycles. The number of carbonyl (C=O) groups excluding carboxylic acids is 1. The number of ketones is 1. The summed E-state index contributed by atoms with van der Waals surface area (Å²) in [5.41, 5.74) is 1.18. The number of hydrogen-bond donors (Lipinski definition) is 0. The van der Waals surface area contributed by atoms with Crippen LogP contribution in [0.2, 0.25) is 0 Å². The maximum absolute atomic E-state index is 13.2. The van der Waals surface area contributed by atoms with Gasteiger partial charge in [-0.25, -0.2) is 4.39 Å². The van der Waals surface area contributed by atoms with Crippen molar-refractivity contribution in [1.29, 1.82) is 0 Å². The molecule has 1 aromatic carbocycles. The van der Waals surface area contributed by atoms with Crippen molar-refractivity contribution in [2.45, 2.75) is 26.7 Å². The molecule has 0 saturated carbocycles. The highest BCUT2D eigenvalue weighted by molar-refractivity contribution is 5.94. The molecule has 1 rings (SSSR count). The fraction of sp³-hybridized carbons (Fsp3) is 0.364. The molecular formula is C11H13FO. The van der Waals surface area contributed by atoms with Crippen molar-refractivity contribution < 1.29 is 9.18 Å². The van der Waals surface area contributed by atoms with Crippen LogP contribution in [0.3, 0.4) is 0 Å². The van der Waals surface area contributed by atoms with Crippen molar-refractivity contribution in [2.75, 3.05) is 0 Å². The molecule has 0 N–H and O–H groups in total. The van der Waals surface area contributed by atoms with Crippen LogP contribution in [-0.4, -0.2) is 5.78 Å². The molecule has 0 amide bonds. The molecule has 0 aliphatic carbocycles. The molecule has 0 unspecified atom stereocenters. The van der Waals surface area contributed by atoms with E-state index in [-0.39, 0.29) is 17.5 Å². The van der Waals surface area contributed by atoms with Gasteiger partial charge >= 0.3 is 0 Å². The molecule has 0 fully saturated rings. The molecule has 1 nitrogen and oxygen atoms in total.